The molecule has 0 radical (unpaired) electrons. The van der Waals surface area contributed by atoms with Crippen molar-refractivity contribution in [2.45, 2.75) is 5.41 Å². The molecule has 0 spiro atoms. The molecule has 2 aliphatic rings. The van der Waals surface area contributed by atoms with E-state index in [0.717, 1.165) is 28.3 Å². The molecule has 0 atom stereocenters. The summed E-state index contributed by atoms with van der Waals surface area (Å²) < 4.78 is 0. The summed E-state index contributed by atoms with van der Waals surface area (Å²) in [5, 5.41) is 5.52. The number of rotatable bonds is 9. The van der Waals surface area contributed by atoms with Crippen LogP contribution in [0.2, 0.25) is 0 Å². The first-order valence-corrected chi connectivity index (χ1v) is 26.3. The second-order valence-corrected chi connectivity index (χ2v) is 22.1. The Morgan fingerprint density at radius 1 is 0.314 bits per heavy atom. The average Bonchev–Trinajstić information content (AvgIpc) is 3.75. The van der Waals surface area contributed by atoms with Gasteiger partial charge in [0.25, 0.3) is 0 Å². The van der Waals surface area contributed by atoms with Gasteiger partial charge in [0.1, 0.15) is 0 Å². The average molecular weight is 909 g/mol. The molecule has 0 fully saturated rings. The van der Waals surface area contributed by atoms with Crippen LogP contribution >= 0.6 is 0 Å². The molecule has 0 bridgehead atoms. The molecule has 0 amide bonds. The number of fused-ring (bicyclic) bond motifs is 5. The highest BCUT2D eigenvalue weighted by molar-refractivity contribution is 7.21. The van der Waals surface area contributed by atoms with Crippen molar-refractivity contribution >= 4 is 62.9 Å². The van der Waals surface area contributed by atoms with E-state index in [0.29, 0.717) is 0 Å². The SMILES string of the molecule is c1ccc(N(c2ccc(-c3ccc4c(c3)N(c3ccccc3)c3ccccc3[Si]4(c3ccccc3)c3ccccc3)cc2)c2cccc(C3(c4ccccc4)c4ccccc4-c4ccccc43)c2)cc1. The van der Waals surface area contributed by atoms with Gasteiger partial charge in [-0.3, -0.25) is 0 Å². The Morgan fingerprint density at radius 2 is 0.786 bits per heavy atom. The first-order valence-electron chi connectivity index (χ1n) is 24.3. The predicted molar refractivity (Wildman–Crippen MR) is 296 cm³/mol. The first-order chi connectivity index (χ1) is 34.7. The Bertz CT molecular complexity index is 3570. The van der Waals surface area contributed by atoms with Gasteiger partial charge in [0.15, 0.2) is 8.07 Å². The molecule has 13 rings (SSSR count). The summed E-state index contributed by atoms with van der Waals surface area (Å²) in [6.45, 7) is 0. The van der Waals surface area contributed by atoms with Crippen molar-refractivity contribution in [3.63, 3.8) is 0 Å². The van der Waals surface area contributed by atoms with Gasteiger partial charge in [0.05, 0.1) is 5.41 Å². The molecule has 3 heteroatoms. The largest absolute Gasteiger partial charge is 0.311 e. The molecule has 11 aromatic carbocycles. The second-order valence-electron chi connectivity index (χ2n) is 18.4. The van der Waals surface area contributed by atoms with Crippen LogP contribution in [0.25, 0.3) is 22.3 Å². The van der Waals surface area contributed by atoms with Crippen LogP contribution in [0.3, 0.4) is 0 Å². The lowest BCUT2D eigenvalue weighted by atomic mass is 9.67. The van der Waals surface area contributed by atoms with Crippen LogP contribution in [0.5, 0.6) is 0 Å². The van der Waals surface area contributed by atoms with E-state index < -0.39 is 13.5 Å². The Labute approximate surface area is 411 Å². The zero-order chi connectivity index (χ0) is 46.5. The van der Waals surface area contributed by atoms with Crippen LogP contribution in [0, 0.1) is 0 Å². The number of hydrogen-bond acceptors (Lipinski definition) is 2. The summed E-state index contributed by atoms with van der Waals surface area (Å²) in [4.78, 5) is 4.90. The molecule has 0 unspecified atom stereocenters. The van der Waals surface area contributed by atoms with Gasteiger partial charge in [-0.15, -0.1) is 0 Å². The Morgan fingerprint density at radius 3 is 1.43 bits per heavy atom. The van der Waals surface area contributed by atoms with Crippen molar-refractivity contribution in [3.8, 4) is 22.3 Å². The molecule has 0 N–H and O–H groups in total. The summed E-state index contributed by atoms with van der Waals surface area (Å²) in [6, 6.07) is 108. The highest BCUT2D eigenvalue weighted by Crippen LogP contribution is 2.56. The summed E-state index contributed by atoms with van der Waals surface area (Å²) in [5.41, 5.74) is 16.4. The smallest absolute Gasteiger partial charge is 0.184 e. The number of anilines is 6. The summed E-state index contributed by atoms with van der Waals surface area (Å²) >= 11 is 0. The molecule has 0 saturated heterocycles. The van der Waals surface area contributed by atoms with Crippen molar-refractivity contribution in [1.82, 2.24) is 0 Å². The van der Waals surface area contributed by atoms with Gasteiger partial charge >= 0.3 is 0 Å². The van der Waals surface area contributed by atoms with E-state index in [2.05, 4.69) is 301 Å². The fraction of sp³-hybridized carbons (Fsp3) is 0.0149. The molecule has 0 aromatic heterocycles. The quantitative estimate of drug-likeness (QED) is 0.133. The number of hydrogen-bond donors (Lipinski definition) is 0. The molecule has 70 heavy (non-hydrogen) atoms. The molecule has 1 heterocycles. The lowest BCUT2D eigenvalue weighted by molar-refractivity contribution is 0.768. The monoisotopic (exact) mass is 908 g/mol. The highest BCUT2D eigenvalue weighted by Gasteiger charge is 2.49. The fourth-order valence-corrected chi connectivity index (χ4v) is 17.0. The summed E-state index contributed by atoms with van der Waals surface area (Å²) in [5.74, 6) is 0. The topological polar surface area (TPSA) is 6.48 Å². The molecule has 0 saturated carbocycles. The van der Waals surface area contributed by atoms with Gasteiger partial charge < -0.3 is 9.80 Å². The lowest BCUT2D eigenvalue weighted by Crippen LogP contribution is -2.77. The van der Waals surface area contributed by atoms with Gasteiger partial charge in [0, 0.05) is 34.1 Å². The second kappa shape index (κ2) is 17.1. The van der Waals surface area contributed by atoms with Gasteiger partial charge in [-0.1, -0.05) is 231 Å². The third-order valence-corrected chi connectivity index (χ3v) is 19.6. The summed E-state index contributed by atoms with van der Waals surface area (Å²) in [7, 11) is -2.80. The van der Waals surface area contributed by atoms with E-state index in [9.17, 15) is 0 Å². The maximum absolute atomic E-state index is 2.80. The first kappa shape index (κ1) is 41.4. The van der Waals surface area contributed by atoms with E-state index in [1.165, 1.54) is 71.1 Å². The number of nitrogens with zero attached hydrogens (tertiary/aromatic N) is 2. The molecule has 1 aliphatic carbocycles. The normalized spacial score (nSPS) is 13.6. The minimum absolute atomic E-state index is 0.501. The highest BCUT2D eigenvalue weighted by atomic mass is 28.3. The third-order valence-electron chi connectivity index (χ3n) is 14.8. The van der Waals surface area contributed by atoms with Crippen LogP contribution in [0.1, 0.15) is 22.3 Å². The van der Waals surface area contributed by atoms with Crippen molar-refractivity contribution < 1.29 is 0 Å². The van der Waals surface area contributed by atoms with Crippen LogP contribution in [-0.4, -0.2) is 8.07 Å². The van der Waals surface area contributed by atoms with Crippen molar-refractivity contribution in [2.75, 3.05) is 9.80 Å². The molecular formula is C67H48N2Si. The van der Waals surface area contributed by atoms with Crippen molar-refractivity contribution in [2.24, 2.45) is 0 Å². The van der Waals surface area contributed by atoms with Crippen molar-refractivity contribution in [3.05, 3.63) is 313 Å². The van der Waals surface area contributed by atoms with Gasteiger partial charge in [-0.2, -0.15) is 0 Å². The minimum Gasteiger partial charge on any atom is -0.311 e. The van der Waals surface area contributed by atoms with Crippen LogP contribution in [0.15, 0.2) is 291 Å². The zero-order valence-corrected chi connectivity index (χ0v) is 39.6. The predicted octanol–water partition coefficient (Wildman–Crippen LogP) is 14.3. The minimum atomic E-state index is -2.80. The molecular weight excluding hydrogens is 861 g/mol. The van der Waals surface area contributed by atoms with Crippen LogP contribution in [-0.2, 0) is 5.41 Å². The Balaban J connectivity index is 0.964. The number of benzene rings is 11. The van der Waals surface area contributed by atoms with Crippen LogP contribution in [0.4, 0.5) is 34.1 Å². The van der Waals surface area contributed by atoms with Gasteiger partial charge in [-0.25, -0.2) is 0 Å². The van der Waals surface area contributed by atoms with E-state index in [1.807, 2.05) is 0 Å². The van der Waals surface area contributed by atoms with Crippen LogP contribution < -0.4 is 30.5 Å². The number of para-hydroxylation sites is 3. The maximum atomic E-state index is 2.49. The molecule has 330 valence electrons. The Kier molecular flexibility index (Phi) is 10.1. The van der Waals surface area contributed by atoms with E-state index >= 15 is 0 Å². The van der Waals surface area contributed by atoms with Gasteiger partial charge in [0.2, 0.25) is 0 Å². The maximum Gasteiger partial charge on any atom is 0.184 e. The van der Waals surface area contributed by atoms with E-state index in [4.69, 9.17) is 0 Å². The van der Waals surface area contributed by atoms with E-state index in [-0.39, 0.29) is 0 Å². The molecule has 11 aromatic rings. The summed E-state index contributed by atoms with van der Waals surface area (Å²) in [6.07, 6.45) is 0. The standard InChI is InChI=1S/C67H48N2Si/c1-6-23-51(24-7-1)67(61-37-18-16-35-59(61)60-36-17-19-38-62(60)67)52-25-22-30-56(48-52)68(53-26-8-2-9-27-53)55-44-41-49(42-45-55)50-43-46-66-64(47-50)69(54-28-10-3-11-29-54)63-39-20-21-40-65(63)70(66,57-31-12-4-13-32-57)58-33-14-5-15-34-58/h1-48H. The molecule has 2 nitrogen and oxygen atoms in total. The lowest BCUT2D eigenvalue weighted by Gasteiger charge is -2.45. The Hall–Kier alpha value is -8.76. The van der Waals surface area contributed by atoms with Crippen molar-refractivity contribution in [1.29, 1.82) is 0 Å². The van der Waals surface area contributed by atoms with Gasteiger partial charge in [-0.05, 0) is 126 Å². The zero-order valence-electron chi connectivity index (χ0n) is 38.6. The van der Waals surface area contributed by atoms with E-state index in [1.54, 1.807) is 0 Å². The fourth-order valence-electron chi connectivity index (χ4n) is 11.9. The third kappa shape index (κ3) is 6.40. The molecule has 1 aliphatic heterocycles.